The summed E-state index contributed by atoms with van der Waals surface area (Å²) in [7, 11) is 0. The lowest BCUT2D eigenvalue weighted by Crippen LogP contribution is -2.03. The topological polar surface area (TPSA) is 61.3 Å². The molecule has 0 spiro atoms. The van der Waals surface area contributed by atoms with E-state index in [1.807, 2.05) is 0 Å². The summed E-state index contributed by atoms with van der Waals surface area (Å²) >= 11 is 1.26. The van der Waals surface area contributed by atoms with Crippen molar-refractivity contribution in [2.24, 2.45) is 0 Å². The SMILES string of the molecule is CCOC(=O)c1ccc(Oc2nc(C3CC3)ns2)cc1. The summed E-state index contributed by atoms with van der Waals surface area (Å²) in [5.41, 5.74) is 0.509. The highest BCUT2D eigenvalue weighted by Gasteiger charge is 2.28. The standard InChI is InChI=1S/C14H14N2O3S/c1-2-18-13(17)10-5-7-11(8-6-10)19-14-15-12(16-20-14)9-3-4-9/h5-9H,2-4H2,1H3. The van der Waals surface area contributed by atoms with Gasteiger partial charge in [0.2, 0.25) is 0 Å². The summed E-state index contributed by atoms with van der Waals surface area (Å²) in [6.07, 6.45) is 2.34. The van der Waals surface area contributed by atoms with Gasteiger partial charge in [0, 0.05) is 17.5 Å². The molecule has 1 heterocycles. The highest BCUT2D eigenvalue weighted by molar-refractivity contribution is 7.07. The minimum absolute atomic E-state index is 0.328. The normalized spacial score (nSPS) is 14.1. The van der Waals surface area contributed by atoms with Gasteiger partial charge in [-0.2, -0.15) is 9.36 Å². The third-order valence-electron chi connectivity index (χ3n) is 2.94. The van der Waals surface area contributed by atoms with Crippen LogP contribution in [0.3, 0.4) is 0 Å². The zero-order valence-electron chi connectivity index (χ0n) is 11.0. The highest BCUT2D eigenvalue weighted by Crippen LogP contribution is 2.40. The Bertz CT molecular complexity index is 605. The number of hydrogen-bond donors (Lipinski definition) is 0. The largest absolute Gasteiger partial charge is 0.462 e. The maximum absolute atomic E-state index is 11.5. The molecular weight excluding hydrogens is 276 g/mol. The first-order valence-corrected chi connectivity index (χ1v) is 7.32. The number of rotatable bonds is 5. The van der Waals surface area contributed by atoms with E-state index < -0.39 is 0 Å². The molecule has 0 bridgehead atoms. The number of hydrogen-bond acceptors (Lipinski definition) is 6. The second-order valence-electron chi connectivity index (χ2n) is 4.54. The molecular formula is C14H14N2O3S. The van der Waals surface area contributed by atoms with Crippen LogP contribution in [0.1, 0.15) is 41.9 Å². The number of benzene rings is 1. The molecule has 1 fully saturated rings. The predicted molar refractivity (Wildman–Crippen MR) is 74.4 cm³/mol. The van der Waals surface area contributed by atoms with Gasteiger partial charge in [-0.1, -0.05) is 0 Å². The molecule has 2 aromatic rings. The fourth-order valence-corrected chi connectivity index (χ4v) is 2.37. The average Bonchev–Trinajstić information content (AvgIpc) is 3.21. The maximum Gasteiger partial charge on any atom is 0.338 e. The van der Waals surface area contributed by atoms with E-state index in [0.29, 0.717) is 29.0 Å². The van der Waals surface area contributed by atoms with Crippen molar-refractivity contribution in [1.82, 2.24) is 9.36 Å². The van der Waals surface area contributed by atoms with Crippen LogP contribution in [0.15, 0.2) is 24.3 Å². The second kappa shape index (κ2) is 5.58. The van der Waals surface area contributed by atoms with Crippen LogP contribution in [0.5, 0.6) is 10.9 Å². The minimum atomic E-state index is -0.328. The molecule has 0 N–H and O–H groups in total. The monoisotopic (exact) mass is 290 g/mol. The molecule has 20 heavy (non-hydrogen) atoms. The summed E-state index contributed by atoms with van der Waals surface area (Å²) < 4.78 is 14.8. The Labute approximate surface area is 120 Å². The quantitative estimate of drug-likeness (QED) is 0.790. The van der Waals surface area contributed by atoms with Crippen LogP contribution < -0.4 is 4.74 Å². The van der Waals surface area contributed by atoms with Crippen molar-refractivity contribution in [1.29, 1.82) is 0 Å². The highest BCUT2D eigenvalue weighted by atomic mass is 32.1. The molecule has 0 aliphatic heterocycles. The molecule has 1 aromatic heterocycles. The van der Waals surface area contributed by atoms with E-state index in [1.54, 1.807) is 31.2 Å². The van der Waals surface area contributed by atoms with Crippen LogP contribution in [0.4, 0.5) is 0 Å². The van der Waals surface area contributed by atoms with Crippen LogP contribution in [-0.4, -0.2) is 21.9 Å². The van der Waals surface area contributed by atoms with Crippen LogP contribution in [0.25, 0.3) is 0 Å². The van der Waals surface area contributed by atoms with Gasteiger partial charge in [0.05, 0.1) is 12.2 Å². The number of ether oxygens (including phenoxy) is 2. The first kappa shape index (κ1) is 13.1. The van der Waals surface area contributed by atoms with Crippen molar-refractivity contribution >= 4 is 17.5 Å². The Morgan fingerprint density at radius 2 is 2.10 bits per heavy atom. The summed E-state index contributed by atoms with van der Waals surface area (Å²) in [5, 5.41) is 0.538. The van der Waals surface area contributed by atoms with Crippen molar-refractivity contribution in [3.63, 3.8) is 0 Å². The Hall–Kier alpha value is -1.95. The van der Waals surface area contributed by atoms with E-state index in [4.69, 9.17) is 9.47 Å². The van der Waals surface area contributed by atoms with Crippen LogP contribution >= 0.6 is 11.5 Å². The van der Waals surface area contributed by atoms with Crippen molar-refractivity contribution < 1.29 is 14.3 Å². The molecule has 104 valence electrons. The number of nitrogens with zero attached hydrogens (tertiary/aromatic N) is 2. The maximum atomic E-state index is 11.5. The van der Waals surface area contributed by atoms with Gasteiger partial charge in [0.25, 0.3) is 5.19 Å². The van der Waals surface area contributed by atoms with Crippen molar-refractivity contribution in [2.75, 3.05) is 6.61 Å². The molecule has 0 saturated heterocycles. The Morgan fingerprint density at radius 1 is 1.35 bits per heavy atom. The fraction of sp³-hybridized carbons (Fsp3) is 0.357. The van der Waals surface area contributed by atoms with Crippen LogP contribution in [0.2, 0.25) is 0 Å². The molecule has 0 unspecified atom stereocenters. The summed E-state index contributed by atoms with van der Waals surface area (Å²) in [5.74, 6) is 1.71. The Balaban J connectivity index is 1.66. The third-order valence-corrected chi connectivity index (χ3v) is 3.55. The summed E-state index contributed by atoms with van der Waals surface area (Å²) in [4.78, 5) is 15.9. The number of carbonyl (C=O) groups excluding carboxylic acids is 1. The van der Waals surface area contributed by atoms with Crippen LogP contribution in [-0.2, 0) is 4.74 Å². The third kappa shape index (κ3) is 2.96. The zero-order chi connectivity index (χ0) is 13.9. The number of esters is 1. The van der Waals surface area contributed by atoms with E-state index in [1.165, 1.54) is 24.4 Å². The molecule has 0 radical (unpaired) electrons. The van der Waals surface area contributed by atoms with Gasteiger partial charge >= 0.3 is 5.97 Å². The molecule has 1 aliphatic rings. The molecule has 1 aliphatic carbocycles. The Morgan fingerprint density at radius 3 is 2.75 bits per heavy atom. The van der Waals surface area contributed by atoms with Gasteiger partial charge in [-0.15, -0.1) is 0 Å². The van der Waals surface area contributed by atoms with Crippen molar-refractivity contribution in [2.45, 2.75) is 25.7 Å². The molecule has 0 amide bonds. The molecule has 3 rings (SSSR count). The van der Waals surface area contributed by atoms with Gasteiger partial charge in [0.1, 0.15) is 11.6 Å². The van der Waals surface area contributed by atoms with Gasteiger partial charge < -0.3 is 9.47 Å². The summed E-state index contributed by atoms with van der Waals surface area (Å²) in [6.45, 7) is 2.15. The molecule has 1 saturated carbocycles. The van der Waals surface area contributed by atoms with Gasteiger partial charge in [-0.05, 0) is 44.0 Å². The number of aromatic nitrogens is 2. The first-order chi connectivity index (χ1) is 9.76. The average molecular weight is 290 g/mol. The van der Waals surface area contributed by atoms with Crippen molar-refractivity contribution in [3.8, 4) is 10.9 Å². The smallest absolute Gasteiger partial charge is 0.338 e. The second-order valence-corrected chi connectivity index (χ2v) is 5.25. The number of carbonyl (C=O) groups is 1. The van der Waals surface area contributed by atoms with E-state index in [2.05, 4.69) is 9.36 Å². The van der Waals surface area contributed by atoms with E-state index >= 15 is 0 Å². The van der Waals surface area contributed by atoms with Crippen LogP contribution in [0, 0.1) is 0 Å². The van der Waals surface area contributed by atoms with Gasteiger partial charge in [-0.25, -0.2) is 4.79 Å². The minimum Gasteiger partial charge on any atom is -0.462 e. The molecule has 1 aromatic carbocycles. The predicted octanol–water partition coefficient (Wildman–Crippen LogP) is 3.38. The van der Waals surface area contributed by atoms with E-state index in [9.17, 15) is 4.79 Å². The summed E-state index contributed by atoms with van der Waals surface area (Å²) in [6, 6.07) is 6.81. The lowest BCUT2D eigenvalue weighted by atomic mass is 10.2. The molecule has 0 atom stereocenters. The van der Waals surface area contributed by atoms with E-state index in [-0.39, 0.29) is 5.97 Å². The Kier molecular flexibility index (Phi) is 3.64. The molecule has 5 nitrogen and oxygen atoms in total. The first-order valence-electron chi connectivity index (χ1n) is 6.55. The van der Waals surface area contributed by atoms with Gasteiger partial charge in [0.15, 0.2) is 0 Å². The lowest BCUT2D eigenvalue weighted by Gasteiger charge is -2.03. The fourth-order valence-electron chi connectivity index (χ4n) is 1.74. The van der Waals surface area contributed by atoms with Gasteiger partial charge in [-0.3, -0.25) is 0 Å². The van der Waals surface area contributed by atoms with E-state index in [0.717, 1.165) is 5.82 Å². The zero-order valence-corrected chi connectivity index (χ0v) is 11.9. The lowest BCUT2D eigenvalue weighted by molar-refractivity contribution is 0.0526. The molecule has 6 heteroatoms. The van der Waals surface area contributed by atoms with Crippen molar-refractivity contribution in [3.05, 3.63) is 35.7 Å².